The highest BCUT2D eigenvalue weighted by Crippen LogP contribution is 2.17. The Morgan fingerprint density at radius 2 is 1.38 bits per heavy atom. The van der Waals surface area contributed by atoms with Gasteiger partial charge < -0.3 is 24.4 Å². The molecule has 1 aliphatic rings. The number of carboxylic acids is 1. The summed E-state index contributed by atoms with van der Waals surface area (Å²) in [5, 5.41) is 8.62. The summed E-state index contributed by atoms with van der Waals surface area (Å²) >= 11 is 0. The number of ether oxygens (including phenoxy) is 2. The summed E-state index contributed by atoms with van der Waals surface area (Å²) in [4.78, 5) is 37.9. The molecule has 0 saturated carbocycles. The maximum Gasteiger partial charge on any atom is 0.303 e. The van der Waals surface area contributed by atoms with Crippen molar-refractivity contribution in [2.24, 2.45) is 0 Å². The van der Waals surface area contributed by atoms with Gasteiger partial charge in [-0.05, 0) is 24.3 Å². The van der Waals surface area contributed by atoms with Crippen molar-refractivity contribution >= 4 is 17.8 Å². The van der Waals surface area contributed by atoms with Gasteiger partial charge in [0, 0.05) is 32.6 Å². The molecule has 8 nitrogen and oxygen atoms in total. The standard InChI is InChI=1S/C18H24N2O6/c1-25-14-2-4-15(5-3-14)26-13-8-17(22)20-11-9-19(10-12-20)16(21)6-7-18(23)24/h2-5H,6-13H2,1H3,(H,23,24). The molecule has 1 fully saturated rings. The van der Waals surface area contributed by atoms with Crippen LogP contribution < -0.4 is 9.47 Å². The third kappa shape index (κ3) is 5.94. The van der Waals surface area contributed by atoms with Gasteiger partial charge in [-0.2, -0.15) is 0 Å². The van der Waals surface area contributed by atoms with Gasteiger partial charge in [0.05, 0.1) is 26.6 Å². The van der Waals surface area contributed by atoms with E-state index in [4.69, 9.17) is 14.6 Å². The van der Waals surface area contributed by atoms with Crippen LogP contribution in [0.25, 0.3) is 0 Å². The number of amides is 2. The maximum atomic E-state index is 12.2. The van der Waals surface area contributed by atoms with Crippen LogP contribution in [0.15, 0.2) is 24.3 Å². The molecule has 2 amide bonds. The fraction of sp³-hybridized carbons (Fsp3) is 0.500. The number of aliphatic carboxylic acids is 1. The number of hydrogen-bond acceptors (Lipinski definition) is 5. The van der Waals surface area contributed by atoms with E-state index in [0.29, 0.717) is 31.9 Å². The van der Waals surface area contributed by atoms with Crippen LogP contribution >= 0.6 is 0 Å². The molecule has 0 aromatic heterocycles. The minimum Gasteiger partial charge on any atom is -0.497 e. The zero-order valence-corrected chi connectivity index (χ0v) is 14.8. The Hall–Kier alpha value is -2.77. The van der Waals surface area contributed by atoms with Crippen LogP contribution in [0.3, 0.4) is 0 Å². The summed E-state index contributed by atoms with van der Waals surface area (Å²) < 4.78 is 10.6. The van der Waals surface area contributed by atoms with Crippen LogP contribution in [-0.2, 0) is 14.4 Å². The van der Waals surface area contributed by atoms with Gasteiger partial charge in [0.15, 0.2) is 0 Å². The molecule has 1 heterocycles. The van der Waals surface area contributed by atoms with Crippen molar-refractivity contribution in [3.05, 3.63) is 24.3 Å². The van der Waals surface area contributed by atoms with Crippen LogP contribution in [0.2, 0.25) is 0 Å². The quantitative estimate of drug-likeness (QED) is 0.739. The van der Waals surface area contributed by atoms with Crippen LogP contribution in [0.1, 0.15) is 19.3 Å². The zero-order chi connectivity index (χ0) is 18.9. The average Bonchev–Trinajstić information content (AvgIpc) is 2.66. The van der Waals surface area contributed by atoms with Gasteiger partial charge in [-0.3, -0.25) is 14.4 Å². The number of carbonyl (C=O) groups excluding carboxylic acids is 2. The minimum atomic E-state index is -0.982. The van der Waals surface area contributed by atoms with Crippen molar-refractivity contribution in [3.63, 3.8) is 0 Å². The summed E-state index contributed by atoms with van der Waals surface area (Å²) in [6.07, 6.45) is 0.0959. The Labute approximate surface area is 152 Å². The molecular formula is C18H24N2O6. The van der Waals surface area contributed by atoms with Gasteiger partial charge in [-0.1, -0.05) is 0 Å². The first-order chi connectivity index (χ1) is 12.5. The first-order valence-corrected chi connectivity index (χ1v) is 8.54. The summed E-state index contributed by atoms with van der Waals surface area (Å²) in [6.45, 7) is 2.07. The van der Waals surface area contributed by atoms with Gasteiger partial charge in [0.2, 0.25) is 11.8 Å². The summed E-state index contributed by atoms with van der Waals surface area (Å²) in [7, 11) is 1.59. The third-order valence-corrected chi connectivity index (χ3v) is 4.18. The van der Waals surface area contributed by atoms with Crippen LogP contribution in [0.4, 0.5) is 0 Å². The normalized spacial score (nSPS) is 14.0. The van der Waals surface area contributed by atoms with Gasteiger partial charge in [-0.15, -0.1) is 0 Å². The van der Waals surface area contributed by atoms with E-state index in [0.717, 1.165) is 5.75 Å². The van der Waals surface area contributed by atoms with E-state index in [1.807, 2.05) is 0 Å². The van der Waals surface area contributed by atoms with Crippen LogP contribution in [0, 0.1) is 0 Å². The number of carboxylic acid groups (broad SMARTS) is 1. The number of methoxy groups -OCH3 is 1. The summed E-state index contributed by atoms with van der Waals surface area (Å²) in [6, 6.07) is 7.14. The highest BCUT2D eigenvalue weighted by Gasteiger charge is 2.24. The highest BCUT2D eigenvalue weighted by atomic mass is 16.5. The second kappa shape index (κ2) is 9.65. The fourth-order valence-corrected chi connectivity index (χ4v) is 2.66. The molecule has 1 aromatic carbocycles. The van der Waals surface area contributed by atoms with Gasteiger partial charge >= 0.3 is 5.97 Å². The average molecular weight is 364 g/mol. The molecule has 1 N–H and O–H groups in total. The highest BCUT2D eigenvalue weighted by molar-refractivity contribution is 5.81. The van der Waals surface area contributed by atoms with Gasteiger partial charge in [-0.25, -0.2) is 0 Å². The monoisotopic (exact) mass is 364 g/mol. The number of rotatable bonds is 8. The first-order valence-electron chi connectivity index (χ1n) is 8.54. The Morgan fingerprint density at radius 1 is 0.885 bits per heavy atom. The maximum absolute atomic E-state index is 12.2. The Morgan fingerprint density at radius 3 is 1.88 bits per heavy atom. The Balaban J connectivity index is 1.67. The molecule has 0 radical (unpaired) electrons. The van der Waals surface area contributed by atoms with Crippen molar-refractivity contribution < 1.29 is 29.0 Å². The van der Waals surface area contributed by atoms with E-state index in [9.17, 15) is 14.4 Å². The van der Waals surface area contributed by atoms with Crippen LogP contribution in [-0.4, -0.2) is 72.6 Å². The zero-order valence-electron chi connectivity index (χ0n) is 14.8. The molecular weight excluding hydrogens is 340 g/mol. The van der Waals surface area contributed by atoms with E-state index < -0.39 is 5.97 Å². The van der Waals surface area contributed by atoms with E-state index in [2.05, 4.69) is 0 Å². The lowest BCUT2D eigenvalue weighted by Gasteiger charge is -2.34. The molecule has 2 rings (SSSR count). The van der Waals surface area contributed by atoms with Crippen molar-refractivity contribution in [1.29, 1.82) is 0 Å². The predicted molar refractivity (Wildman–Crippen MR) is 93.1 cm³/mol. The topological polar surface area (TPSA) is 96.4 Å². The third-order valence-electron chi connectivity index (χ3n) is 4.18. The van der Waals surface area contributed by atoms with E-state index in [1.165, 1.54) is 0 Å². The smallest absolute Gasteiger partial charge is 0.303 e. The minimum absolute atomic E-state index is 0.00101. The second-order valence-electron chi connectivity index (χ2n) is 5.93. The number of carbonyl (C=O) groups is 3. The number of piperazine rings is 1. The lowest BCUT2D eigenvalue weighted by Crippen LogP contribution is -2.50. The SMILES string of the molecule is COc1ccc(OCCC(=O)N2CCN(C(=O)CCC(=O)O)CC2)cc1. The Bertz CT molecular complexity index is 623. The van der Waals surface area contributed by atoms with Gasteiger partial charge in [0.25, 0.3) is 0 Å². The molecule has 1 aromatic rings. The van der Waals surface area contributed by atoms with Crippen LogP contribution in [0.5, 0.6) is 11.5 Å². The van der Waals surface area contributed by atoms with Crippen molar-refractivity contribution in [2.45, 2.75) is 19.3 Å². The molecule has 1 aliphatic heterocycles. The Kier molecular flexibility index (Phi) is 7.25. The molecule has 0 bridgehead atoms. The number of hydrogen-bond donors (Lipinski definition) is 1. The van der Waals surface area contributed by atoms with Crippen molar-refractivity contribution in [2.75, 3.05) is 39.9 Å². The lowest BCUT2D eigenvalue weighted by molar-refractivity contribution is -0.143. The van der Waals surface area contributed by atoms with Crippen molar-refractivity contribution in [1.82, 2.24) is 9.80 Å². The molecule has 0 unspecified atom stereocenters. The predicted octanol–water partition coefficient (Wildman–Crippen LogP) is 1.000. The largest absolute Gasteiger partial charge is 0.497 e. The number of benzene rings is 1. The van der Waals surface area contributed by atoms with E-state index in [1.54, 1.807) is 41.2 Å². The molecule has 8 heteroatoms. The summed E-state index contributed by atoms with van der Waals surface area (Å²) in [5.41, 5.74) is 0. The molecule has 0 atom stereocenters. The first kappa shape index (κ1) is 19.6. The van der Waals surface area contributed by atoms with Crippen molar-refractivity contribution in [3.8, 4) is 11.5 Å². The van der Waals surface area contributed by atoms with E-state index in [-0.39, 0.29) is 37.7 Å². The molecule has 0 spiro atoms. The lowest BCUT2D eigenvalue weighted by atomic mass is 10.2. The molecule has 1 saturated heterocycles. The second-order valence-corrected chi connectivity index (χ2v) is 5.93. The molecule has 0 aliphatic carbocycles. The van der Waals surface area contributed by atoms with Gasteiger partial charge in [0.1, 0.15) is 11.5 Å². The molecule has 26 heavy (non-hydrogen) atoms. The fourth-order valence-electron chi connectivity index (χ4n) is 2.66. The summed E-state index contributed by atoms with van der Waals surface area (Å²) in [5.74, 6) is 0.235. The van der Waals surface area contributed by atoms with E-state index >= 15 is 0 Å². The number of nitrogens with zero attached hydrogens (tertiary/aromatic N) is 2. The molecule has 142 valence electrons.